The largest absolute Gasteiger partial charge is 0.494 e. The van der Waals surface area contributed by atoms with E-state index in [4.69, 9.17) is 9.26 Å². The van der Waals surface area contributed by atoms with Crippen LogP contribution >= 0.6 is 0 Å². The molecule has 0 bridgehead atoms. The molecule has 0 atom stereocenters. The van der Waals surface area contributed by atoms with Crippen molar-refractivity contribution < 1.29 is 17.7 Å². The first-order chi connectivity index (χ1) is 12.9. The molecular formula is C20H28N2O4S. The Morgan fingerprint density at radius 2 is 1.85 bits per heavy atom. The Labute approximate surface area is 161 Å². The van der Waals surface area contributed by atoms with Gasteiger partial charge in [-0.15, -0.1) is 0 Å². The van der Waals surface area contributed by atoms with E-state index < -0.39 is 10.0 Å². The number of nitrogens with zero attached hydrogens (tertiary/aromatic N) is 2. The highest BCUT2D eigenvalue weighted by molar-refractivity contribution is 7.89. The number of hydrogen-bond acceptors (Lipinski definition) is 5. The second-order valence-electron chi connectivity index (χ2n) is 7.12. The lowest BCUT2D eigenvalue weighted by Gasteiger charge is -2.31. The van der Waals surface area contributed by atoms with Gasteiger partial charge < -0.3 is 9.26 Å². The third-order valence-corrected chi connectivity index (χ3v) is 7.36. The van der Waals surface area contributed by atoms with E-state index in [-0.39, 0.29) is 4.90 Å². The van der Waals surface area contributed by atoms with Crippen molar-refractivity contribution in [3.05, 3.63) is 41.3 Å². The summed E-state index contributed by atoms with van der Waals surface area (Å²) >= 11 is 0. The molecule has 2 heterocycles. The first-order valence-electron chi connectivity index (χ1n) is 9.56. The zero-order valence-electron chi connectivity index (χ0n) is 16.3. The van der Waals surface area contributed by atoms with E-state index in [1.807, 2.05) is 19.1 Å². The number of aryl methyl sites for hydroxylation is 3. The van der Waals surface area contributed by atoms with Gasteiger partial charge in [0.2, 0.25) is 10.0 Å². The zero-order chi connectivity index (χ0) is 19.4. The van der Waals surface area contributed by atoms with Gasteiger partial charge in [-0.05, 0) is 70.1 Å². The fourth-order valence-corrected chi connectivity index (χ4v) is 5.46. The number of piperidine rings is 1. The van der Waals surface area contributed by atoms with Crippen LogP contribution in [0.1, 0.15) is 43.2 Å². The van der Waals surface area contributed by atoms with Gasteiger partial charge in [0.1, 0.15) is 16.3 Å². The molecule has 0 saturated carbocycles. The van der Waals surface area contributed by atoms with Gasteiger partial charge in [0.25, 0.3) is 0 Å². The molecule has 0 unspecified atom stereocenters. The summed E-state index contributed by atoms with van der Waals surface area (Å²) in [6.45, 7) is 7.09. The molecule has 1 aromatic heterocycles. The van der Waals surface area contributed by atoms with Gasteiger partial charge in [-0.1, -0.05) is 17.3 Å². The third kappa shape index (κ3) is 4.52. The highest BCUT2D eigenvalue weighted by atomic mass is 32.2. The molecule has 1 fully saturated rings. The molecule has 0 spiro atoms. The second-order valence-corrected chi connectivity index (χ2v) is 8.99. The van der Waals surface area contributed by atoms with Crippen LogP contribution in [0.15, 0.2) is 33.7 Å². The molecule has 1 saturated heterocycles. The maximum absolute atomic E-state index is 12.9. The lowest BCUT2D eigenvalue weighted by atomic mass is 9.91. The fraction of sp³-hybridized carbons (Fsp3) is 0.550. The lowest BCUT2D eigenvalue weighted by Crippen LogP contribution is -2.38. The summed E-state index contributed by atoms with van der Waals surface area (Å²) in [5, 5.41) is 3.78. The molecule has 27 heavy (non-hydrogen) atoms. The number of benzene rings is 1. The van der Waals surface area contributed by atoms with Crippen LogP contribution in [-0.4, -0.2) is 37.6 Å². The van der Waals surface area contributed by atoms with Gasteiger partial charge in [-0.3, -0.25) is 0 Å². The summed E-state index contributed by atoms with van der Waals surface area (Å²) in [6.07, 6.45) is 3.86. The van der Waals surface area contributed by atoms with Crippen molar-refractivity contribution in [1.82, 2.24) is 9.46 Å². The van der Waals surface area contributed by atoms with Crippen LogP contribution in [0.25, 0.3) is 0 Å². The average molecular weight is 393 g/mol. The van der Waals surface area contributed by atoms with E-state index in [0.29, 0.717) is 37.1 Å². The Bertz CT molecular complexity index is 831. The Balaban J connectivity index is 1.53. The molecule has 0 amide bonds. The Morgan fingerprint density at radius 3 is 2.41 bits per heavy atom. The maximum Gasteiger partial charge on any atom is 0.248 e. The first kappa shape index (κ1) is 19.9. The van der Waals surface area contributed by atoms with Crippen LogP contribution in [0, 0.1) is 19.8 Å². The molecule has 0 radical (unpaired) electrons. The Kier molecular flexibility index (Phi) is 6.22. The van der Waals surface area contributed by atoms with E-state index in [9.17, 15) is 8.42 Å². The van der Waals surface area contributed by atoms with E-state index in [0.717, 1.165) is 31.4 Å². The van der Waals surface area contributed by atoms with Crippen LogP contribution in [0.4, 0.5) is 0 Å². The standard InChI is InChI=1S/C20H28N2O4S/c1-4-25-19-9-7-17(8-10-19)5-6-18-11-13-22(14-12-18)27(23,24)20-15(2)21-26-16(20)3/h7-10,18H,4-6,11-14H2,1-3H3. The van der Waals surface area contributed by atoms with E-state index in [1.54, 1.807) is 18.2 Å². The lowest BCUT2D eigenvalue weighted by molar-refractivity contribution is 0.263. The van der Waals surface area contributed by atoms with Crippen molar-refractivity contribution in [2.45, 2.75) is 51.3 Å². The van der Waals surface area contributed by atoms with Gasteiger partial charge in [-0.2, -0.15) is 4.31 Å². The van der Waals surface area contributed by atoms with Crippen LogP contribution < -0.4 is 4.74 Å². The molecule has 3 rings (SSSR count). The molecule has 1 aromatic carbocycles. The van der Waals surface area contributed by atoms with Gasteiger partial charge in [-0.25, -0.2) is 8.42 Å². The smallest absolute Gasteiger partial charge is 0.248 e. The van der Waals surface area contributed by atoms with Gasteiger partial charge in [0, 0.05) is 13.1 Å². The van der Waals surface area contributed by atoms with Crippen molar-refractivity contribution in [3.8, 4) is 5.75 Å². The first-order valence-corrected chi connectivity index (χ1v) is 11.0. The summed E-state index contributed by atoms with van der Waals surface area (Å²) in [4.78, 5) is 0.232. The van der Waals surface area contributed by atoms with E-state index in [1.165, 1.54) is 5.56 Å². The molecule has 148 valence electrons. The predicted octanol–water partition coefficient (Wildman–Crippen LogP) is 3.72. The number of rotatable bonds is 7. The summed E-state index contributed by atoms with van der Waals surface area (Å²) < 4.78 is 37.8. The van der Waals surface area contributed by atoms with Crippen LogP contribution in [0.3, 0.4) is 0 Å². The summed E-state index contributed by atoms with van der Waals surface area (Å²) in [5.41, 5.74) is 1.73. The quantitative estimate of drug-likeness (QED) is 0.718. The summed E-state index contributed by atoms with van der Waals surface area (Å²) in [7, 11) is -3.52. The molecular weight excluding hydrogens is 364 g/mol. The minimum Gasteiger partial charge on any atom is -0.494 e. The van der Waals surface area contributed by atoms with Crippen LogP contribution in [-0.2, 0) is 16.4 Å². The molecule has 1 aliphatic heterocycles. The van der Waals surface area contributed by atoms with E-state index in [2.05, 4.69) is 17.3 Å². The number of hydrogen-bond donors (Lipinski definition) is 0. The third-order valence-electron chi connectivity index (χ3n) is 5.21. The molecule has 2 aromatic rings. The minimum atomic E-state index is -3.52. The van der Waals surface area contributed by atoms with Crippen LogP contribution in [0.2, 0.25) is 0 Å². The summed E-state index contributed by atoms with van der Waals surface area (Å²) in [5.74, 6) is 1.82. The van der Waals surface area contributed by atoms with E-state index >= 15 is 0 Å². The SMILES string of the molecule is CCOc1ccc(CCC2CCN(S(=O)(=O)c3c(C)noc3C)CC2)cc1. The maximum atomic E-state index is 12.9. The van der Waals surface area contributed by atoms with Gasteiger partial charge >= 0.3 is 0 Å². The van der Waals surface area contributed by atoms with Crippen molar-refractivity contribution >= 4 is 10.0 Å². The minimum absolute atomic E-state index is 0.232. The molecule has 6 nitrogen and oxygen atoms in total. The van der Waals surface area contributed by atoms with Crippen molar-refractivity contribution in [2.24, 2.45) is 5.92 Å². The fourth-order valence-electron chi connectivity index (χ4n) is 3.70. The topological polar surface area (TPSA) is 72.6 Å². The molecule has 0 N–H and O–H groups in total. The molecule has 7 heteroatoms. The van der Waals surface area contributed by atoms with Crippen molar-refractivity contribution in [2.75, 3.05) is 19.7 Å². The number of aromatic nitrogens is 1. The van der Waals surface area contributed by atoms with Crippen LogP contribution in [0.5, 0.6) is 5.75 Å². The van der Waals surface area contributed by atoms with Crippen molar-refractivity contribution in [3.63, 3.8) is 0 Å². The highest BCUT2D eigenvalue weighted by Crippen LogP contribution is 2.29. The van der Waals surface area contributed by atoms with Gasteiger partial charge in [0.15, 0.2) is 5.76 Å². The Morgan fingerprint density at radius 1 is 1.19 bits per heavy atom. The average Bonchev–Trinajstić information content (AvgIpc) is 3.01. The molecule has 0 aliphatic carbocycles. The predicted molar refractivity (Wildman–Crippen MR) is 103 cm³/mol. The molecule has 1 aliphatic rings. The summed E-state index contributed by atoms with van der Waals surface area (Å²) in [6, 6.07) is 8.25. The van der Waals surface area contributed by atoms with Gasteiger partial charge in [0.05, 0.1) is 6.61 Å². The van der Waals surface area contributed by atoms with Crippen molar-refractivity contribution in [1.29, 1.82) is 0 Å². The zero-order valence-corrected chi connectivity index (χ0v) is 17.1. The number of ether oxygens (including phenoxy) is 1. The Hall–Kier alpha value is -1.86. The second kappa shape index (κ2) is 8.44. The number of sulfonamides is 1. The monoisotopic (exact) mass is 392 g/mol. The highest BCUT2D eigenvalue weighted by Gasteiger charge is 2.33. The normalized spacial score (nSPS) is 16.6.